The fraction of sp³-hybridized carbons (Fsp3) is 0.538. The molecule has 3 N–H and O–H groups in total. The number of rotatable bonds is 4. The first kappa shape index (κ1) is 15.7. The van der Waals surface area contributed by atoms with E-state index in [1.165, 1.54) is 0 Å². The van der Waals surface area contributed by atoms with E-state index < -0.39 is 11.7 Å². The van der Waals surface area contributed by atoms with Gasteiger partial charge in [0.2, 0.25) is 0 Å². The first-order valence-corrected chi connectivity index (χ1v) is 6.47. The molecule has 0 spiro atoms. The van der Waals surface area contributed by atoms with Gasteiger partial charge in [-0.15, -0.1) is 0 Å². The molecule has 0 saturated heterocycles. The molecule has 1 atom stereocenters. The summed E-state index contributed by atoms with van der Waals surface area (Å²) in [5.74, 6) is 0. The Hall–Kier alpha value is -1.33. The Morgan fingerprint density at radius 2 is 2.26 bits per heavy atom. The van der Waals surface area contributed by atoms with Crippen molar-refractivity contribution < 1.29 is 9.53 Å². The normalized spacial score (nSPS) is 12.9. The van der Waals surface area contributed by atoms with Crippen LogP contribution < -0.4 is 11.1 Å². The van der Waals surface area contributed by atoms with Gasteiger partial charge in [0.25, 0.3) is 0 Å². The molecular formula is C13H20ClN3O2. The van der Waals surface area contributed by atoms with Crippen LogP contribution >= 0.6 is 11.6 Å². The van der Waals surface area contributed by atoms with Crippen LogP contribution in [0.5, 0.6) is 0 Å². The van der Waals surface area contributed by atoms with E-state index in [-0.39, 0.29) is 6.04 Å². The smallest absolute Gasteiger partial charge is 0.407 e. The molecule has 19 heavy (non-hydrogen) atoms. The maximum atomic E-state index is 11.4. The van der Waals surface area contributed by atoms with Gasteiger partial charge < -0.3 is 15.8 Å². The van der Waals surface area contributed by atoms with E-state index in [1.54, 1.807) is 12.3 Å². The highest BCUT2D eigenvalue weighted by Gasteiger charge is 2.16. The van der Waals surface area contributed by atoms with E-state index >= 15 is 0 Å². The summed E-state index contributed by atoms with van der Waals surface area (Å²) in [7, 11) is 0. The molecule has 106 valence electrons. The minimum Gasteiger partial charge on any atom is -0.444 e. The largest absolute Gasteiger partial charge is 0.444 e. The summed E-state index contributed by atoms with van der Waals surface area (Å²) >= 11 is 5.79. The lowest BCUT2D eigenvalue weighted by atomic mass is 10.1. The monoisotopic (exact) mass is 285 g/mol. The lowest BCUT2D eigenvalue weighted by Gasteiger charge is -2.20. The summed E-state index contributed by atoms with van der Waals surface area (Å²) < 4.78 is 5.12. The zero-order valence-electron chi connectivity index (χ0n) is 11.4. The van der Waals surface area contributed by atoms with Crippen LogP contribution in [0.4, 0.5) is 4.79 Å². The summed E-state index contributed by atoms with van der Waals surface area (Å²) in [6.07, 6.45) is 1.78. The van der Waals surface area contributed by atoms with Gasteiger partial charge in [0.15, 0.2) is 0 Å². The molecule has 1 unspecified atom stereocenters. The van der Waals surface area contributed by atoms with E-state index in [0.717, 1.165) is 5.56 Å². The van der Waals surface area contributed by atoms with Crippen molar-refractivity contribution in [1.29, 1.82) is 0 Å². The maximum Gasteiger partial charge on any atom is 0.407 e. The third kappa shape index (κ3) is 6.98. The third-order valence-corrected chi connectivity index (χ3v) is 2.40. The summed E-state index contributed by atoms with van der Waals surface area (Å²) in [5.41, 5.74) is 6.41. The number of alkyl carbamates (subject to hydrolysis) is 1. The average molecular weight is 286 g/mol. The lowest BCUT2D eigenvalue weighted by molar-refractivity contribution is 0.0524. The van der Waals surface area contributed by atoms with Crippen molar-refractivity contribution in [1.82, 2.24) is 10.3 Å². The maximum absolute atomic E-state index is 11.4. The van der Waals surface area contributed by atoms with Gasteiger partial charge in [0.1, 0.15) is 10.8 Å². The van der Waals surface area contributed by atoms with Crippen molar-refractivity contribution in [2.24, 2.45) is 5.73 Å². The van der Waals surface area contributed by atoms with E-state index in [1.807, 2.05) is 26.8 Å². The van der Waals surface area contributed by atoms with Crippen LogP contribution in [0, 0.1) is 0 Å². The van der Waals surface area contributed by atoms with Crippen molar-refractivity contribution in [2.75, 3.05) is 6.54 Å². The Morgan fingerprint density at radius 3 is 2.84 bits per heavy atom. The average Bonchev–Trinajstić information content (AvgIpc) is 2.24. The van der Waals surface area contributed by atoms with Crippen LogP contribution in [0.3, 0.4) is 0 Å². The van der Waals surface area contributed by atoms with Crippen LogP contribution in [0.2, 0.25) is 5.15 Å². The van der Waals surface area contributed by atoms with Gasteiger partial charge in [0, 0.05) is 18.8 Å². The van der Waals surface area contributed by atoms with Crippen LogP contribution in [0.15, 0.2) is 18.3 Å². The number of halogens is 1. The Balaban J connectivity index is 2.36. The second-order valence-electron chi connectivity index (χ2n) is 5.33. The number of hydrogen-bond donors (Lipinski definition) is 2. The van der Waals surface area contributed by atoms with Gasteiger partial charge in [-0.05, 0) is 44.9 Å². The van der Waals surface area contributed by atoms with Gasteiger partial charge >= 0.3 is 6.09 Å². The molecule has 6 heteroatoms. The molecule has 1 rings (SSSR count). The molecule has 0 radical (unpaired) electrons. The fourth-order valence-electron chi connectivity index (χ4n) is 1.47. The first-order chi connectivity index (χ1) is 8.76. The standard InChI is InChI=1S/C13H20ClN3O2/c1-13(2,3)19-12(18)17-8-10(15)6-9-4-5-16-11(14)7-9/h4-5,7,10H,6,8,15H2,1-3H3,(H,17,18). The molecule has 0 saturated carbocycles. The molecule has 1 aromatic rings. The Morgan fingerprint density at radius 1 is 1.58 bits per heavy atom. The summed E-state index contributed by atoms with van der Waals surface area (Å²) in [6.45, 7) is 5.78. The Bertz CT molecular complexity index is 432. The minimum atomic E-state index is -0.507. The molecule has 0 aliphatic carbocycles. The molecule has 5 nitrogen and oxygen atoms in total. The van der Waals surface area contributed by atoms with Crippen LogP contribution in [0.25, 0.3) is 0 Å². The molecule has 0 aliphatic heterocycles. The van der Waals surface area contributed by atoms with E-state index in [2.05, 4.69) is 10.3 Å². The van der Waals surface area contributed by atoms with Crippen molar-refractivity contribution in [3.8, 4) is 0 Å². The van der Waals surface area contributed by atoms with Crippen LogP contribution in [-0.2, 0) is 11.2 Å². The van der Waals surface area contributed by atoms with E-state index in [4.69, 9.17) is 22.1 Å². The van der Waals surface area contributed by atoms with Gasteiger partial charge in [0.05, 0.1) is 0 Å². The highest BCUT2D eigenvalue weighted by atomic mass is 35.5. The predicted octanol–water partition coefficient (Wildman–Crippen LogP) is 2.13. The number of nitrogens with one attached hydrogen (secondary N) is 1. The predicted molar refractivity (Wildman–Crippen MR) is 75.2 cm³/mol. The highest BCUT2D eigenvalue weighted by Crippen LogP contribution is 2.09. The number of carbonyl (C=O) groups excluding carboxylic acids is 1. The number of pyridine rings is 1. The summed E-state index contributed by atoms with van der Waals surface area (Å²) in [4.78, 5) is 15.3. The Labute approximate surface area is 118 Å². The topological polar surface area (TPSA) is 77.2 Å². The number of amides is 1. The number of carbonyl (C=O) groups is 1. The quantitative estimate of drug-likeness (QED) is 0.831. The van der Waals surface area contributed by atoms with Gasteiger partial charge in [-0.25, -0.2) is 9.78 Å². The van der Waals surface area contributed by atoms with Crippen molar-refractivity contribution >= 4 is 17.7 Å². The number of nitrogens with zero attached hydrogens (tertiary/aromatic N) is 1. The first-order valence-electron chi connectivity index (χ1n) is 6.09. The van der Waals surface area contributed by atoms with E-state index in [0.29, 0.717) is 18.1 Å². The molecule has 1 heterocycles. The molecule has 0 aromatic carbocycles. The zero-order valence-corrected chi connectivity index (χ0v) is 12.2. The van der Waals surface area contributed by atoms with Gasteiger partial charge in [-0.3, -0.25) is 0 Å². The Kier molecular flexibility index (Phi) is 5.57. The SMILES string of the molecule is CC(C)(C)OC(=O)NCC(N)Cc1ccnc(Cl)c1. The fourth-order valence-corrected chi connectivity index (χ4v) is 1.67. The molecule has 0 bridgehead atoms. The van der Waals surface area contributed by atoms with Gasteiger partial charge in [-0.1, -0.05) is 11.6 Å². The molecular weight excluding hydrogens is 266 g/mol. The van der Waals surface area contributed by atoms with Crippen molar-refractivity contribution in [2.45, 2.75) is 38.8 Å². The molecule has 0 aliphatic rings. The van der Waals surface area contributed by atoms with Crippen LogP contribution in [0.1, 0.15) is 26.3 Å². The highest BCUT2D eigenvalue weighted by molar-refractivity contribution is 6.29. The summed E-state index contributed by atoms with van der Waals surface area (Å²) in [6, 6.07) is 3.40. The number of nitrogens with two attached hydrogens (primary N) is 1. The summed E-state index contributed by atoms with van der Waals surface area (Å²) in [5, 5.41) is 3.07. The molecule has 0 fully saturated rings. The van der Waals surface area contributed by atoms with Crippen LogP contribution in [-0.4, -0.2) is 29.3 Å². The minimum absolute atomic E-state index is 0.203. The number of aromatic nitrogens is 1. The second kappa shape index (κ2) is 6.73. The molecule has 1 amide bonds. The zero-order chi connectivity index (χ0) is 14.5. The molecule has 1 aromatic heterocycles. The lowest BCUT2D eigenvalue weighted by Crippen LogP contribution is -2.41. The van der Waals surface area contributed by atoms with Crippen molar-refractivity contribution in [3.05, 3.63) is 29.0 Å². The second-order valence-corrected chi connectivity index (χ2v) is 5.72. The number of hydrogen-bond acceptors (Lipinski definition) is 4. The number of ether oxygens (including phenoxy) is 1. The van der Waals surface area contributed by atoms with E-state index in [9.17, 15) is 4.79 Å². The third-order valence-electron chi connectivity index (χ3n) is 2.20. The van der Waals surface area contributed by atoms with Crippen molar-refractivity contribution in [3.63, 3.8) is 0 Å². The van der Waals surface area contributed by atoms with Gasteiger partial charge in [-0.2, -0.15) is 0 Å².